The van der Waals surface area contributed by atoms with Crippen molar-refractivity contribution < 1.29 is 4.79 Å². The van der Waals surface area contributed by atoms with Crippen LogP contribution in [0.25, 0.3) is 6.08 Å². The lowest BCUT2D eigenvalue weighted by Gasteiger charge is -2.10. The van der Waals surface area contributed by atoms with Gasteiger partial charge < -0.3 is 5.32 Å². The predicted octanol–water partition coefficient (Wildman–Crippen LogP) is 6.16. The van der Waals surface area contributed by atoms with E-state index in [2.05, 4.69) is 19.2 Å². The molecule has 2 aromatic rings. The van der Waals surface area contributed by atoms with E-state index in [0.717, 1.165) is 12.1 Å². The Balaban J connectivity index is 2.03. The molecule has 0 aliphatic rings. The summed E-state index contributed by atoms with van der Waals surface area (Å²) < 4.78 is 0. The normalized spacial score (nSPS) is 12.3. The molecule has 2 nitrogen and oxygen atoms in total. The smallest absolute Gasteiger partial charge is 0.248 e. The number of rotatable bonds is 5. The Morgan fingerprint density at radius 3 is 2.30 bits per heavy atom. The summed E-state index contributed by atoms with van der Waals surface area (Å²) in [5.41, 5.74) is 2.67. The first-order valence-electron chi connectivity index (χ1n) is 7.54. The Bertz CT molecular complexity index is 688. The van der Waals surface area contributed by atoms with E-state index in [-0.39, 0.29) is 5.91 Å². The Morgan fingerprint density at radius 2 is 1.74 bits per heavy atom. The summed E-state index contributed by atoms with van der Waals surface area (Å²) in [5, 5.41) is 3.85. The van der Waals surface area contributed by atoms with Crippen LogP contribution in [-0.2, 0) is 4.79 Å². The van der Waals surface area contributed by atoms with Gasteiger partial charge in [0.1, 0.15) is 0 Å². The van der Waals surface area contributed by atoms with Crippen LogP contribution in [0.15, 0.2) is 48.5 Å². The van der Waals surface area contributed by atoms with Gasteiger partial charge in [-0.2, -0.15) is 0 Å². The highest BCUT2D eigenvalue weighted by Gasteiger charge is 2.05. The summed E-state index contributed by atoms with van der Waals surface area (Å²) in [5.74, 6) is 0.291. The molecule has 2 aromatic carbocycles. The van der Waals surface area contributed by atoms with Gasteiger partial charge in [0.15, 0.2) is 0 Å². The van der Waals surface area contributed by atoms with Crippen LogP contribution in [0, 0.1) is 0 Å². The van der Waals surface area contributed by atoms with Crippen molar-refractivity contribution in [3.63, 3.8) is 0 Å². The average Bonchev–Trinajstić information content (AvgIpc) is 2.54. The van der Waals surface area contributed by atoms with Crippen molar-refractivity contribution in [1.82, 2.24) is 0 Å². The molecule has 0 radical (unpaired) electrons. The SMILES string of the molecule is CCC(C)c1ccc(NC(=O)C=Cc2c(Cl)cccc2Cl)cc1. The maximum atomic E-state index is 12.0. The molecule has 1 unspecified atom stereocenters. The third-order valence-corrected chi connectivity index (χ3v) is 4.42. The molecular formula is C19H19Cl2NO. The van der Waals surface area contributed by atoms with Crippen LogP contribution in [0.5, 0.6) is 0 Å². The molecule has 1 N–H and O–H groups in total. The largest absolute Gasteiger partial charge is 0.323 e. The molecule has 2 rings (SSSR count). The molecule has 0 aliphatic heterocycles. The number of halogens is 2. The van der Waals surface area contributed by atoms with Gasteiger partial charge in [-0.05, 0) is 48.2 Å². The second kappa shape index (κ2) is 8.19. The van der Waals surface area contributed by atoms with Crippen molar-refractivity contribution in [2.75, 3.05) is 5.32 Å². The molecule has 0 aromatic heterocycles. The van der Waals surface area contributed by atoms with Crippen molar-refractivity contribution in [2.24, 2.45) is 0 Å². The number of nitrogens with one attached hydrogen (secondary N) is 1. The lowest BCUT2D eigenvalue weighted by molar-refractivity contribution is -0.111. The van der Waals surface area contributed by atoms with Crippen LogP contribution < -0.4 is 5.32 Å². The van der Waals surface area contributed by atoms with Crippen LogP contribution in [0.3, 0.4) is 0 Å². The molecule has 0 fully saturated rings. The fourth-order valence-corrected chi connectivity index (χ4v) is 2.67. The maximum Gasteiger partial charge on any atom is 0.248 e. The average molecular weight is 348 g/mol. The summed E-state index contributed by atoms with van der Waals surface area (Å²) in [4.78, 5) is 12.0. The number of carbonyl (C=O) groups is 1. The van der Waals surface area contributed by atoms with E-state index in [0.29, 0.717) is 21.5 Å². The van der Waals surface area contributed by atoms with Crippen molar-refractivity contribution in [2.45, 2.75) is 26.2 Å². The third-order valence-electron chi connectivity index (χ3n) is 3.76. The van der Waals surface area contributed by atoms with Crippen LogP contribution in [0.4, 0.5) is 5.69 Å². The van der Waals surface area contributed by atoms with Crippen LogP contribution in [-0.4, -0.2) is 5.91 Å². The van der Waals surface area contributed by atoms with Gasteiger partial charge in [-0.1, -0.05) is 55.2 Å². The van der Waals surface area contributed by atoms with Gasteiger partial charge in [0.05, 0.1) is 0 Å². The number of benzene rings is 2. The van der Waals surface area contributed by atoms with Gasteiger partial charge in [0, 0.05) is 27.4 Å². The monoisotopic (exact) mass is 347 g/mol. The molecule has 0 bridgehead atoms. The Kier molecular flexibility index (Phi) is 6.26. The first-order valence-corrected chi connectivity index (χ1v) is 8.30. The highest BCUT2D eigenvalue weighted by molar-refractivity contribution is 6.37. The van der Waals surface area contributed by atoms with Gasteiger partial charge in [0.25, 0.3) is 0 Å². The molecule has 1 atom stereocenters. The molecule has 23 heavy (non-hydrogen) atoms. The molecular weight excluding hydrogens is 329 g/mol. The molecule has 120 valence electrons. The fraction of sp³-hybridized carbons (Fsp3) is 0.211. The van der Waals surface area contributed by atoms with E-state index >= 15 is 0 Å². The topological polar surface area (TPSA) is 29.1 Å². The van der Waals surface area contributed by atoms with Crippen LogP contribution >= 0.6 is 23.2 Å². The maximum absolute atomic E-state index is 12.0. The standard InChI is InChI=1S/C19H19Cl2NO/c1-3-13(2)14-7-9-15(10-8-14)22-19(23)12-11-16-17(20)5-4-6-18(16)21/h4-13H,3H2,1-2H3,(H,22,23). The van der Waals surface area contributed by atoms with Crippen molar-refractivity contribution in [1.29, 1.82) is 0 Å². The zero-order valence-corrected chi connectivity index (χ0v) is 14.7. The van der Waals surface area contributed by atoms with Crippen molar-refractivity contribution in [3.8, 4) is 0 Å². The highest BCUT2D eigenvalue weighted by Crippen LogP contribution is 2.25. The molecule has 0 aliphatic carbocycles. The Labute approximate surface area is 147 Å². The van der Waals surface area contributed by atoms with E-state index in [1.165, 1.54) is 11.6 Å². The molecule has 1 amide bonds. The minimum Gasteiger partial charge on any atom is -0.323 e. The van der Waals surface area contributed by atoms with Gasteiger partial charge in [0.2, 0.25) is 5.91 Å². The minimum atomic E-state index is -0.225. The number of hydrogen-bond acceptors (Lipinski definition) is 1. The molecule has 0 spiro atoms. The van der Waals surface area contributed by atoms with Crippen molar-refractivity contribution in [3.05, 3.63) is 69.7 Å². The summed E-state index contributed by atoms with van der Waals surface area (Å²) in [6.07, 6.45) is 4.14. The van der Waals surface area contributed by atoms with Crippen molar-refractivity contribution >= 4 is 40.9 Å². The summed E-state index contributed by atoms with van der Waals surface area (Å²) >= 11 is 12.1. The van der Waals surface area contributed by atoms with Gasteiger partial charge in [-0.15, -0.1) is 0 Å². The van der Waals surface area contributed by atoms with Crippen LogP contribution in [0.2, 0.25) is 10.0 Å². The fourth-order valence-electron chi connectivity index (χ4n) is 2.14. The molecule has 4 heteroatoms. The second-order valence-electron chi connectivity index (χ2n) is 5.39. The number of amides is 1. The summed E-state index contributed by atoms with van der Waals surface area (Å²) in [6, 6.07) is 13.1. The Hall–Kier alpha value is -1.77. The molecule has 0 heterocycles. The lowest BCUT2D eigenvalue weighted by Crippen LogP contribution is -2.07. The number of anilines is 1. The van der Waals surface area contributed by atoms with E-state index < -0.39 is 0 Å². The Morgan fingerprint density at radius 1 is 1.13 bits per heavy atom. The lowest BCUT2D eigenvalue weighted by atomic mass is 9.99. The number of carbonyl (C=O) groups excluding carboxylic acids is 1. The van der Waals surface area contributed by atoms with Gasteiger partial charge in [-0.25, -0.2) is 0 Å². The number of hydrogen-bond donors (Lipinski definition) is 1. The quantitative estimate of drug-likeness (QED) is 0.644. The van der Waals surface area contributed by atoms with E-state index in [1.54, 1.807) is 24.3 Å². The van der Waals surface area contributed by atoms with Gasteiger partial charge >= 0.3 is 0 Å². The zero-order chi connectivity index (χ0) is 16.8. The minimum absolute atomic E-state index is 0.225. The third kappa shape index (κ3) is 4.85. The second-order valence-corrected chi connectivity index (χ2v) is 6.20. The van der Waals surface area contributed by atoms with E-state index in [1.807, 2.05) is 24.3 Å². The highest BCUT2D eigenvalue weighted by atomic mass is 35.5. The molecule has 0 saturated carbocycles. The van der Waals surface area contributed by atoms with Gasteiger partial charge in [-0.3, -0.25) is 4.79 Å². The molecule has 0 saturated heterocycles. The van der Waals surface area contributed by atoms with E-state index in [9.17, 15) is 4.79 Å². The first-order chi connectivity index (χ1) is 11.0. The summed E-state index contributed by atoms with van der Waals surface area (Å²) in [7, 11) is 0. The predicted molar refractivity (Wildman–Crippen MR) is 99.3 cm³/mol. The zero-order valence-electron chi connectivity index (χ0n) is 13.1. The first kappa shape index (κ1) is 17.6. The van der Waals surface area contributed by atoms with E-state index in [4.69, 9.17) is 23.2 Å². The summed E-state index contributed by atoms with van der Waals surface area (Å²) in [6.45, 7) is 4.34. The van der Waals surface area contributed by atoms with Crippen LogP contribution in [0.1, 0.15) is 37.3 Å².